The van der Waals surface area contributed by atoms with Crippen LogP contribution in [0, 0.1) is 6.92 Å². The molecular weight excluding hydrogens is 313 g/mol. The Morgan fingerprint density at radius 1 is 1.25 bits per heavy atom. The van der Waals surface area contributed by atoms with Crippen LogP contribution >= 0.6 is 11.3 Å². The summed E-state index contributed by atoms with van der Waals surface area (Å²) in [6, 6.07) is 4.00. The predicted molar refractivity (Wildman–Crippen MR) is 69.1 cm³/mol. The van der Waals surface area contributed by atoms with E-state index in [1.807, 2.05) is 4.72 Å². The monoisotopic (exact) mass is 322 g/mol. The third kappa shape index (κ3) is 3.10. The summed E-state index contributed by atoms with van der Waals surface area (Å²) in [4.78, 5) is 3.69. The average Bonchev–Trinajstić information content (AvgIpc) is 2.73. The summed E-state index contributed by atoms with van der Waals surface area (Å²) < 4.78 is 64.6. The van der Waals surface area contributed by atoms with Crippen LogP contribution in [0.1, 0.15) is 10.4 Å². The number of aromatic nitrogens is 1. The molecule has 0 saturated heterocycles. The van der Waals surface area contributed by atoms with Gasteiger partial charge in [0.15, 0.2) is 5.13 Å². The van der Waals surface area contributed by atoms with E-state index >= 15 is 0 Å². The zero-order valence-electron chi connectivity index (χ0n) is 10.1. The smallest absolute Gasteiger partial charge is 0.255 e. The first-order valence-electron chi connectivity index (χ1n) is 5.31. The van der Waals surface area contributed by atoms with Crippen LogP contribution < -0.4 is 4.72 Å². The Kier molecular flexibility index (Phi) is 3.74. The largest absolute Gasteiger partial charge is 0.417 e. The van der Waals surface area contributed by atoms with Gasteiger partial charge in [0.1, 0.15) is 0 Å². The molecule has 9 heteroatoms. The zero-order chi connectivity index (χ0) is 15.0. The number of rotatable bonds is 3. The van der Waals surface area contributed by atoms with E-state index in [-0.39, 0.29) is 5.13 Å². The van der Waals surface area contributed by atoms with E-state index in [2.05, 4.69) is 4.98 Å². The summed E-state index contributed by atoms with van der Waals surface area (Å²) >= 11 is 1.04. The summed E-state index contributed by atoms with van der Waals surface area (Å²) in [7, 11) is -4.34. The highest BCUT2D eigenvalue weighted by Gasteiger charge is 2.37. The average molecular weight is 322 g/mol. The van der Waals surface area contributed by atoms with Crippen molar-refractivity contribution in [3.8, 4) is 0 Å². The van der Waals surface area contributed by atoms with Gasteiger partial charge in [-0.2, -0.15) is 13.2 Å². The van der Waals surface area contributed by atoms with Gasteiger partial charge in [-0.15, -0.1) is 11.3 Å². The molecule has 20 heavy (non-hydrogen) atoms. The summed E-state index contributed by atoms with van der Waals surface area (Å²) in [6.45, 7) is 1.71. The molecule has 0 atom stereocenters. The van der Waals surface area contributed by atoms with E-state index in [4.69, 9.17) is 0 Å². The lowest BCUT2D eigenvalue weighted by Crippen LogP contribution is -2.18. The molecule has 2 rings (SSSR count). The molecule has 0 amide bonds. The summed E-state index contributed by atoms with van der Waals surface area (Å²) in [6.07, 6.45) is -3.32. The van der Waals surface area contributed by atoms with Crippen molar-refractivity contribution in [3.63, 3.8) is 0 Å². The Morgan fingerprint density at radius 2 is 1.90 bits per heavy atom. The van der Waals surface area contributed by atoms with Gasteiger partial charge in [-0.25, -0.2) is 13.4 Å². The minimum absolute atomic E-state index is 0.0273. The molecule has 0 fully saturated rings. The fraction of sp³-hybridized carbons (Fsp3) is 0.182. The number of nitrogens with one attached hydrogen (secondary N) is 1. The number of benzene rings is 1. The number of thiazole rings is 1. The van der Waals surface area contributed by atoms with Gasteiger partial charge < -0.3 is 0 Å². The van der Waals surface area contributed by atoms with Crippen molar-refractivity contribution in [2.75, 3.05) is 4.72 Å². The number of aryl methyl sites for hydroxylation is 1. The molecule has 0 aliphatic rings. The van der Waals surface area contributed by atoms with E-state index in [1.54, 1.807) is 6.92 Å². The topological polar surface area (TPSA) is 59.1 Å². The fourth-order valence-electron chi connectivity index (χ4n) is 1.51. The highest BCUT2D eigenvalue weighted by Crippen LogP contribution is 2.34. The van der Waals surface area contributed by atoms with Gasteiger partial charge in [0, 0.05) is 11.1 Å². The van der Waals surface area contributed by atoms with Gasteiger partial charge in [0.05, 0.1) is 10.5 Å². The third-order valence-corrected chi connectivity index (χ3v) is 4.68. The van der Waals surface area contributed by atoms with E-state index in [0.717, 1.165) is 34.4 Å². The molecule has 0 aliphatic heterocycles. The Hall–Kier alpha value is -1.61. The van der Waals surface area contributed by atoms with Gasteiger partial charge in [-0.1, -0.05) is 12.1 Å². The molecule has 0 saturated carbocycles. The number of nitrogens with zero attached hydrogens (tertiary/aromatic N) is 1. The Labute approximate surface area is 117 Å². The van der Waals surface area contributed by atoms with Gasteiger partial charge in [0.2, 0.25) is 0 Å². The second kappa shape index (κ2) is 5.06. The van der Waals surface area contributed by atoms with Crippen LogP contribution in [0.15, 0.2) is 35.4 Å². The van der Waals surface area contributed by atoms with Crippen molar-refractivity contribution in [2.45, 2.75) is 18.0 Å². The van der Waals surface area contributed by atoms with Crippen LogP contribution in [-0.2, 0) is 16.2 Å². The van der Waals surface area contributed by atoms with Crippen LogP contribution in [0.25, 0.3) is 0 Å². The number of halogens is 3. The van der Waals surface area contributed by atoms with Crippen LogP contribution in [-0.4, -0.2) is 13.4 Å². The maximum absolute atomic E-state index is 12.8. The maximum Gasteiger partial charge on any atom is 0.417 e. The maximum atomic E-state index is 12.8. The molecule has 0 aliphatic carbocycles. The molecule has 0 spiro atoms. The lowest BCUT2D eigenvalue weighted by molar-refractivity contribution is -0.139. The van der Waals surface area contributed by atoms with Crippen molar-refractivity contribution < 1.29 is 21.6 Å². The number of alkyl halides is 3. The highest BCUT2D eigenvalue weighted by molar-refractivity contribution is 7.93. The Balaban J connectivity index is 2.45. The van der Waals surface area contributed by atoms with Crippen LogP contribution in [0.4, 0.5) is 18.3 Å². The molecule has 108 valence electrons. The van der Waals surface area contributed by atoms with Gasteiger partial charge in [-0.3, -0.25) is 4.72 Å². The van der Waals surface area contributed by atoms with Gasteiger partial charge in [-0.05, 0) is 19.1 Å². The van der Waals surface area contributed by atoms with Crippen LogP contribution in [0.2, 0.25) is 0 Å². The molecule has 4 nitrogen and oxygen atoms in total. The lowest BCUT2D eigenvalue weighted by atomic mass is 10.2. The number of hydrogen-bond acceptors (Lipinski definition) is 4. The summed E-state index contributed by atoms with van der Waals surface area (Å²) in [5.41, 5.74) is -1.21. The highest BCUT2D eigenvalue weighted by atomic mass is 32.2. The van der Waals surface area contributed by atoms with Crippen LogP contribution in [0.3, 0.4) is 0 Å². The second-order valence-corrected chi connectivity index (χ2v) is 6.76. The molecule has 1 N–H and O–H groups in total. The molecule has 1 aromatic heterocycles. The Bertz CT molecular complexity index is 723. The Morgan fingerprint density at radius 3 is 2.45 bits per heavy atom. The molecule has 1 heterocycles. The quantitative estimate of drug-likeness (QED) is 0.943. The summed E-state index contributed by atoms with van der Waals surface area (Å²) in [5.74, 6) is 0. The summed E-state index contributed by atoms with van der Waals surface area (Å²) in [5, 5.41) is 0.0273. The van der Waals surface area contributed by atoms with Crippen molar-refractivity contribution in [2.24, 2.45) is 0 Å². The fourth-order valence-corrected chi connectivity index (χ4v) is 3.64. The normalized spacial score (nSPS) is 12.4. The van der Waals surface area contributed by atoms with E-state index in [1.165, 1.54) is 12.3 Å². The standard InChI is InChI=1S/C11H9F3N2O2S2/c1-7-6-15-10(19-7)16-20(17,18)9-5-3-2-4-8(9)11(12,13)14/h2-6H,1H3,(H,15,16). The minimum atomic E-state index is -4.75. The molecule has 0 unspecified atom stereocenters. The predicted octanol–water partition coefficient (Wildman–Crippen LogP) is 3.27. The first kappa shape index (κ1) is 14.8. The van der Waals surface area contributed by atoms with Gasteiger partial charge in [0.25, 0.3) is 10.0 Å². The lowest BCUT2D eigenvalue weighted by Gasteiger charge is -2.13. The zero-order valence-corrected chi connectivity index (χ0v) is 11.7. The van der Waals surface area contributed by atoms with E-state index < -0.39 is 26.7 Å². The minimum Gasteiger partial charge on any atom is -0.255 e. The van der Waals surface area contributed by atoms with Crippen LogP contribution in [0.5, 0.6) is 0 Å². The molecule has 1 aromatic carbocycles. The molecule has 2 aromatic rings. The SMILES string of the molecule is Cc1cnc(NS(=O)(=O)c2ccccc2C(F)(F)F)s1. The van der Waals surface area contributed by atoms with Crippen molar-refractivity contribution >= 4 is 26.5 Å². The third-order valence-electron chi connectivity index (χ3n) is 2.32. The second-order valence-electron chi connectivity index (χ2n) is 3.88. The van der Waals surface area contributed by atoms with Crippen molar-refractivity contribution in [3.05, 3.63) is 40.9 Å². The molecule has 0 bridgehead atoms. The first-order valence-corrected chi connectivity index (χ1v) is 7.61. The van der Waals surface area contributed by atoms with Crippen molar-refractivity contribution in [1.82, 2.24) is 4.98 Å². The number of anilines is 1. The van der Waals surface area contributed by atoms with Gasteiger partial charge >= 0.3 is 6.18 Å². The van der Waals surface area contributed by atoms with E-state index in [0.29, 0.717) is 0 Å². The first-order chi connectivity index (χ1) is 9.20. The molecular formula is C11H9F3N2O2S2. The van der Waals surface area contributed by atoms with Crippen molar-refractivity contribution in [1.29, 1.82) is 0 Å². The molecule has 0 radical (unpaired) electrons. The number of sulfonamides is 1. The van der Waals surface area contributed by atoms with E-state index in [9.17, 15) is 21.6 Å². The number of hydrogen-bond donors (Lipinski definition) is 1.